The van der Waals surface area contributed by atoms with E-state index in [0.717, 1.165) is 16.0 Å². The second-order valence-corrected chi connectivity index (χ2v) is 8.81. The van der Waals surface area contributed by atoms with E-state index in [2.05, 4.69) is 5.32 Å². The Morgan fingerprint density at radius 3 is 2.47 bits per heavy atom. The summed E-state index contributed by atoms with van der Waals surface area (Å²) in [5.74, 6) is -1.51. The second kappa shape index (κ2) is 10.3. The molecule has 0 spiro atoms. The fourth-order valence-electron chi connectivity index (χ4n) is 3.93. The molecule has 4 rings (SSSR count). The number of nitrogens with zero attached hydrogens (tertiary/aromatic N) is 1. The first-order chi connectivity index (χ1) is 17.2. The van der Waals surface area contributed by atoms with Crippen LogP contribution in [0.2, 0.25) is 5.02 Å². The summed E-state index contributed by atoms with van der Waals surface area (Å²) in [6.07, 6.45) is 1.56. The lowest BCUT2D eigenvalue weighted by atomic mass is 10.00. The Balaban J connectivity index is 1.73. The molecule has 1 saturated heterocycles. The van der Waals surface area contributed by atoms with Gasteiger partial charge in [0.05, 0.1) is 12.3 Å². The van der Waals surface area contributed by atoms with Gasteiger partial charge in [-0.3, -0.25) is 14.9 Å². The Morgan fingerprint density at radius 1 is 1.03 bits per heavy atom. The SMILES string of the molecule is CCOc1cc(/C=C2\C(=O)NC(=O)N(c3ccc(C)c(C)c3)C2=O)cc(Cl)c1Cc1ccccc1F. The van der Waals surface area contributed by atoms with Crippen LogP contribution in [0.15, 0.2) is 60.2 Å². The summed E-state index contributed by atoms with van der Waals surface area (Å²) < 4.78 is 20.0. The molecule has 0 aliphatic carbocycles. The molecule has 184 valence electrons. The van der Waals surface area contributed by atoms with E-state index in [0.29, 0.717) is 39.8 Å². The quantitative estimate of drug-likeness (QED) is 0.341. The van der Waals surface area contributed by atoms with Gasteiger partial charge in [0, 0.05) is 17.0 Å². The number of carbonyl (C=O) groups excluding carboxylic acids is 3. The maximum absolute atomic E-state index is 14.2. The number of amides is 4. The minimum atomic E-state index is -0.821. The maximum Gasteiger partial charge on any atom is 0.335 e. The molecule has 8 heteroatoms. The molecular formula is C28H24ClFN2O4. The molecule has 1 fully saturated rings. The molecule has 4 amide bonds. The van der Waals surface area contributed by atoms with Crippen LogP contribution in [-0.2, 0) is 16.0 Å². The number of hydrogen-bond donors (Lipinski definition) is 1. The van der Waals surface area contributed by atoms with E-state index >= 15 is 0 Å². The molecule has 0 bridgehead atoms. The van der Waals surface area contributed by atoms with E-state index < -0.39 is 17.8 Å². The predicted molar refractivity (Wildman–Crippen MR) is 137 cm³/mol. The minimum absolute atomic E-state index is 0.201. The standard InChI is InChI=1S/C28H24ClFN2O4/c1-4-36-25-14-18(13-23(29)21(25)15-19-7-5-6-8-24(19)30)12-22-26(33)31-28(35)32(27(22)34)20-10-9-16(2)17(3)11-20/h5-14H,4,15H2,1-3H3,(H,31,33,35)/b22-12+. The van der Waals surface area contributed by atoms with Gasteiger partial charge in [-0.05, 0) is 79.4 Å². The molecule has 0 aromatic heterocycles. The molecule has 6 nitrogen and oxygen atoms in total. The van der Waals surface area contributed by atoms with Crippen LogP contribution in [0.4, 0.5) is 14.9 Å². The normalized spacial score (nSPS) is 14.9. The fourth-order valence-corrected chi connectivity index (χ4v) is 4.21. The Bertz CT molecular complexity index is 1420. The van der Waals surface area contributed by atoms with Gasteiger partial charge in [0.1, 0.15) is 17.1 Å². The van der Waals surface area contributed by atoms with Crippen molar-refractivity contribution in [1.29, 1.82) is 0 Å². The number of imide groups is 2. The van der Waals surface area contributed by atoms with Gasteiger partial charge in [0.2, 0.25) is 0 Å². The Labute approximate surface area is 213 Å². The van der Waals surface area contributed by atoms with Gasteiger partial charge in [0.25, 0.3) is 11.8 Å². The van der Waals surface area contributed by atoms with E-state index in [1.54, 1.807) is 55.5 Å². The van der Waals surface area contributed by atoms with E-state index in [4.69, 9.17) is 16.3 Å². The third-order valence-corrected chi connectivity index (χ3v) is 6.30. The summed E-state index contributed by atoms with van der Waals surface area (Å²) in [6, 6.07) is 13.9. The van der Waals surface area contributed by atoms with Crippen LogP contribution in [0.25, 0.3) is 6.08 Å². The van der Waals surface area contributed by atoms with Crippen molar-refractivity contribution in [3.8, 4) is 5.75 Å². The lowest BCUT2D eigenvalue weighted by Gasteiger charge is -2.27. The fraction of sp³-hybridized carbons (Fsp3) is 0.179. The van der Waals surface area contributed by atoms with Crippen LogP contribution < -0.4 is 15.0 Å². The number of nitrogens with one attached hydrogen (secondary N) is 1. The Kier molecular flexibility index (Phi) is 7.22. The van der Waals surface area contributed by atoms with Crippen LogP contribution in [0.3, 0.4) is 0 Å². The zero-order valence-corrected chi connectivity index (χ0v) is 20.8. The molecule has 0 atom stereocenters. The summed E-state index contributed by atoms with van der Waals surface area (Å²) in [5.41, 5.74) is 3.49. The number of urea groups is 1. The maximum atomic E-state index is 14.2. The van der Waals surface area contributed by atoms with Crippen LogP contribution in [0.1, 0.15) is 34.7 Å². The van der Waals surface area contributed by atoms with Crippen molar-refractivity contribution in [1.82, 2.24) is 5.32 Å². The molecule has 0 radical (unpaired) electrons. The number of aryl methyl sites for hydroxylation is 2. The largest absolute Gasteiger partial charge is 0.494 e. The minimum Gasteiger partial charge on any atom is -0.494 e. The van der Waals surface area contributed by atoms with E-state index in [9.17, 15) is 18.8 Å². The van der Waals surface area contributed by atoms with Crippen molar-refractivity contribution in [2.24, 2.45) is 0 Å². The van der Waals surface area contributed by atoms with Gasteiger partial charge < -0.3 is 4.74 Å². The first-order valence-corrected chi connectivity index (χ1v) is 11.7. The zero-order chi connectivity index (χ0) is 26.0. The molecule has 1 heterocycles. The third-order valence-electron chi connectivity index (χ3n) is 5.96. The van der Waals surface area contributed by atoms with Gasteiger partial charge >= 0.3 is 6.03 Å². The molecule has 1 N–H and O–H groups in total. The number of rotatable bonds is 6. The van der Waals surface area contributed by atoms with Gasteiger partial charge in [-0.25, -0.2) is 14.1 Å². The molecule has 36 heavy (non-hydrogen) atoms. The monoisotopic (exact) mass is 506 g/mol. The van der Waals surface area contributed by atoms with Crippen LogP contribution in [0.5, 0.6) is 5.75 Å². The first kappa shape index (κ1) is 25.1. The topological polar surface area (TPSA) is 75.7 Å². The molecule has 1 aliphatic heterocycles. The van der Waals surface area contributed by atoms with Crippen LogP contribution in [-0.4, -0.2) is 24.5 Å². The number of barbiturate groups is 1. The van der Waals surface area contributed by atoms with E-state index in [1.807, 2.05) is 13.8 Å². The number of hydrogen-bond acceptors (Lipinski definition) is 4. The van der Waals surface area contributed by atoms with Crippen molar-refractivity contribution in [3.05, 3.63) is 98.8 Å². The van der Waals surface area contributed by atoms with E-state index in [-0.39, 0.29) is 17.8 Å². The number of ether oxygens (including phenoxy) is 1. The molecule has 3 aromatic carbocycles. The van der Waals surface area contributed by atoms with Crippen molar-refractivity contribution >= 4 is 41.2 Å². The van der Waals surface area contributed by atoms with Crippen LogP contribution in [0, 0.1) is 19.7 Å². The van der Waals surface area contributed by atoms with Gasteiger partial charge in [-0.1, -0.05) is 35.9 Å². The summed E-state index contributed by atoms with van der Waals surface area (Å²) in [5, 5.41) is 2.51. The first-order valence-electron chi connectivity index (χ1n) is 11.4. The molecule has 3 aromatic rings. The zero-order valence-electron chi connectivity index (χ0n) is 20.0. The van der Waals surface area contributed by atoms with Gasteiger partial charge in [-0.15, -0.1) is 0 Å². The van der Waals surface area contributed by atoms with Crippen molar-refractivity contribution < 1.29 is 23.5 Å². The average molecular weight is 507 g/mol. The van der Waals surface area contributed by atoms with Gasteiger partial charge in [-0.2, -0.15) is 0 Å². The highest BCUT2D eigenvalue weighted by Gasteiger charge is 2.37. The second-order valence-electron chi connectivity index (χ2n) is 8.41. The number of anilines is 1. The highest BCUT2D eigenvalue weighted by molar-refractivity contribution is 6.39. The molecule has 0 unspecified atom stereocenters. The Morgan fingerprint density at radius 2 is 1.78 bits per heavy atom. The number of benzene rings is 3. The predicted octanol–water partition coefficient (Wildman–Crippen LogP) is 5.75. The lowest BCUT2D eigenvalue weighted by molar-refractivity contribution is -0.122. The Hall–Kier alpha value is -3.97. The van der Waals surface area contributed by atoms with Crippen LogP contribution >= 0.6 is 11.6 Å². The van der Waals surface area contributed by atoms with Crippen molar-refractivity contribution in [3.63, 3.8) is 0 Å². The van der Waals surface area contributed by atoms with Crippen molar-refractivity contribution in [2.45, 2.75) is 27.2 Å². The lowest BCUT2D eigenvalue weighted by Crippen LogP contribution is -2.54. The number of halogens is 2. The molecule has 0 saturated carbocycles. The smallest absolute Gasteiger partial charge is 0.335 e. The molecular weight excluding hydrogens is 483 g/mol. The van der Waals surface area contributed by atoms with E-state index in [1.165, 1.54) is 12.1 Å². The third kappa shape index (κ3) is 5.02. The summed E-state index contributed by atoms with van der Waals surface area (Å²) >= 11 is 6.56. The highest BCUT2D eigenvalue weighted by atomic mass is 35.5. The molecule has 1 aliphatic rings. The highest BCUT2D eigenvalue weighted by Crippen LogP contribution is 2.33. The average Bonchev–Trinajstić information content (AvgIpc) is 2.82. The summed E-state index contributed by atoms with van der Waals surface area (Å²) in [4.78, 5) is 39.3. The van der Waals surface area contributed by atoms with Crippen molar-refractivity contribution in [2.75, 3.05) is 11.5 Å². The number of carbonyl (C=O) groups is 3. The summed E-state index contributed by atoms with van der Waals surface area (Å²) in [7, 11) is 0. The summed E-state index contributed by atoms with van der Waals surface area (Å²) in [6.45, 7) is 5.92. The van der Waals surface area contributed by atoms with Gasteiger partial charge in [0.15, 0.2) is 0 Å².